The third-order valence-corrected chi connectivity index (χ3v) is 3.75. The van der Waals surface area contributed by atoms with Crippen LogP contribution in [0.2, 0.25) is 0 Å². The molecule has 1 aromatic rings. The summed E-state index contributed by atoms with van der Waals surface area (Å²) in [4.78, 5) is 14.9. The second-order valence-corrected chi connectivity index (χ2v) is 5.52. The number of halogens is 1. The molecular formula is C12H18BrN3O. The van der Waals surface area contributed by atoms with Gasteiger partial charge in [-0.25, -0.2) is 0 Å². The number of carbonyl (C=O) groups is 1. The summed E-state index contributed by atoms with van der Waals surface area (Å²) >= 11 is 3.32. The SMILES string of the molecule is CC(NC(=O)c1cc(Br)c[nH]1)C1CCCNC1. The van der Waals surface area contributed by atoms with Gasteiger partial charge in [-0.3, -0.25) is 4.79 Å². The Balaban J connectivity index is 1.89. The molecule has 17 heavy (non-hydrogen) atoms. The molecule has 0 aromatic carbocycles. The second-order valence-electron chi connectivity index (χ2n) is 4.60. The molecule has 1 aliphatic heterocycles. The summed E-state index contributed by atoms with van der Waals surface area (Å²) < 4.78 is 0.898. The van der Waals surface area contributed by atoms with E-state index in [9.17, 15) is 4.79 Å². The van der Waals surface area contributed by atoms with Gasteiger partial charge in [-0.05, 0) is 60.8 Å². The second kappa shape index (κ2) is 5.69. The molecule has 4 nitrogen and oxygen atoms in total. The van der Waals surface area contributed by atoms with Crippen LogP contribution in [0.4, 0.5) is 0 Å². The number of H-pyrrole nitrogens is 1. The summed E-state index contributed by atoms with van der Waals surface area (Å²) in [6, 6.07) is 2.00. The number of hydrogen-bond donors (Lipinski definition) is 3. The average molecular weight is 300 g/mol. The smallest absolute Gasteiger partial charge is 0.267 e. The van der Waals surface area contributed by atoms with E-state index in [0.29, 0.717) is 11.6 Å². The highest BCUT2D eigenvalue weighted by Crippen LogP contribution is 2.15. The first-order chi connectivity index (χ1) is 8.16. The van der Waals surface area contributed by atoms with Gasteiger partial charge in [0, 0.05) is 16.7 Å². The van der Waals surface area contributed by atoms with Crippen LogP contribution in [-0.2, 0) is 0 Å². The molecule has 1 fully saturated rings. The number of nitrogens with one attached hydrogen (secondary N) is 3. The molecule has 1 aromatic heterocycles. The van der Waals surface area contributed by atoms with Gasteiger partial charge in [0.25, 0.3) is 5.91 Å². The van der Waals surface area contributed by atoms with Gasteiger partial charge in [0.1, 0.15) is 5.69 Å². The first kappa shape index (κ1) is 12.6. The molecule has 2 atom stereocenters. The molecule has 1 amide bonds. The standard InChI is InChI=1S/C12H18BrN3O/c1-8(9-3-2-4-14-6-9)16-12(17)11-5-10(13)7-15-11/h5,7-9,14-15H,2-4,6H2,1H3,(H,16,17). The fraction of sp³-hybridized carbons (Fsp3) is 0.583. The van der Waals surface area contributed by atoms with E-state index in [0.717, 1.165) is 17.6 Å². The van der Waals surface area contributed by atoms with Crippen molar-refractivity contribution in [3.63, 3.8) is 0 Å². The van der Waals surface area contributed by atoms with E-state index in [2.05, 4.69) is 38.5 Å². The van der Waals surface area contributed by atoms with Crippen molar-refractivity contribution in [1.82, 2.24) is 15.6 Å². The van der Waals surface area contributed by atoms with Gasteiger partial charge in [0.2, 0.25) is 0 Å². The van der Waals surface area contributed by atoms with Crippen LogP contribution < -0.4 is 10.6 Å². The molecule has 0 aliphatic carbocycles. The van der Waals surface area contributed by atoms with Crippen molar-refractivity contribution in [3.05, 3.63) is 22.4 Å². The van der Waals surface area contributed by atoms with Gasteiger partial charge in [0.05, 0.1) is 0 Å². The maximum absolute atomic E-state index is 11.9. The molecule has 2 heterocycles. The van der Waals surface area contributed by atoms with Crippen LogP contribution in [0.5, 0.6) is 0 Å². The number of hydrogen-bond acceptors (Lipinski definition) is 2. The van der Waals surface area contributed by atoms with Crippen LogP contribution in [0, 0.1) is 5.92 Å². The van der Waals surface area contributed by atoms with Gasteiger partial charge in [-0.15, -0.1) is 0 Å². The molecule has 0 radical (unpaired) electrons. The molecule has 94 valence electrons. The Bertz CT molecular complexity index is 385. The number of rotatable bonds is 3. The number of carbonyl (C=O) groups excluding carboxylic acids is 1. The van der Waals surface area contributed by atoms with Crippen LogP contribution >= 0.6 is 15.9 Å². The molecule has 2 unspecified atom stereocenters. The summed E-state index contributed by atoms with van der Waals surface area (Å²) in [5, 5.41) is 6.41. The first-order valence-corrected chi connectivity index (χ1v) is 6.81. The van der Waals surface area contributed by atoms with Crippen molar-refractivity contribution in [3.8, 4) is 0 Å². The predicted octanol–water partition coefficient (Wildman–Crippen LogP) is 1.90. The van der Waals surface area contributed by atoms with Crippen molar-refractivity contribution >= 4 is 21.8 Å². The lowest BCUT2D eigenvalue weighted by Gasteiger charge is -2.28. The number of amides is 1. The summed E-state index contributed by atoms with van der Waals surface area (Å²) in [5.74, 6) is 0.500. The maximum atomic E-state index is 11.9. The Labute approximate surface area is 110 Å². The zero-order valence-corrected chi connectivity index (χ0v) is 11.5. The highest BCUT2D eigenvalue weighted by molar-refractivity contribution is 9.10. The van der Waals surface area contributed by atoms with Gasteiger partial charge in [-0.2, -0.15) is 0 Å². The number of aromatic amines is 1. The fourth-order valence-electron chi connectivity index (χ4n) is 2.21. The molecule has 5 heteroatoms. The molecule has 1 aliphatic rings. The third kappa shape index (κ3) is 3.33. The van der Waals surface area contributed by atoms with Crippen molar-refractivity contribution in [2.45, 2.75) is 25.8 Å². The third-order valence-electron chi connectivity index (χ3n) is 3.29. The van der Waals surface area contributed by atoms with Crippen molar-refractivity contribution in [2.24, 2.45) is 5.92 Å². The van der Waals surface area contributed by atoms with Gasteiger partial charge in [-0.1, -0.05) is 0 Å². The summed E-state index contributed by atoms with van der Waals surface area (Å²) in [7, 11) is 0. The molecule has 0 spiro atoms. The largest absolute Gasteiger partial charge is 0.356 e. The molecule has 0 saturated carbocycles. The van der Waals surface area contributed by atoms with Crippen molar-refractivity contribution in [2.75, 3.05) is 13.1 Å². The average Bonchev–Trinajstić information content (AvgIpc) is 2.77. The van der Waals surface area contributed by atoms with E-state index in [-0.39, 0.29) is 11.9 Å². The van der Waals surface area contributed by atoms with E-state index in [4.69, 9.17) is 0 Å². The van der Waals surface area contributed by atoms with E-state index >= 15 is 0 Å². The van der Waals surface area contributed by atoms with Crippen LogP contribution in [0.25, 0.3) is 0 Å². The fourth-order valence-corrected chi connectivity index (χ4v) is 2.55. The monoisotopic (exact) mass is 299 g/mol. The Morgan fingerprint density at radius 3 is 3.06 bits per heavy atom. The Morgan fingerprint density at radius 2 is 2.47 bits per heavy atom. The summed E-state index contributed by atoms with van der Waals surface area (Å²) in [6.45, 7) is 4.17. The van der Waals surface area contributed by atoms with Crippen LogP contribution in [0.15, 0.2) is 16.7 Å². The van der Waals surface area contributed by atoms with Gasteiger partial charge >= 0.3 is 0 Å². The van der Waals surface area contributed by atoms with E-state index in [1.807, 2.05) is 0 Å². The minimum Gasteiger partial charge on any atom is -0.356 e. The zero-order valence-electron chi connectivity index (χ0n) is 9.92. The van der Waals surface area contributed by atoms with E-state index < -0.39 is 0 Å². The Morgan fingerprint density at radius 1 is 1.65 bits per heavy atom. The highest BCUT2D eigenvalue weighted by Gasteiger charge is 2.21. The number of piperidine rings is 1. The topological polar surface area (TPSA) is 56.9 Å². The lowest BCUT2D eigenvalue weighted by Crippen LogP contribution is -2.44. The van der Waals surface area contributed by atoms with Crippen LogP contribution in [0.3, 0.4) is 0 Å². The quantitative estimate of drug-likeness (QED) is 0.798. The first-order valence-electron chi connectivity index (χ1n) is 6.02. The highest BCUT2D eigenvalue weighted by atomic mass is 79.9. The van der Waals surface area contributed by atoms with Gasteiger partial charge < -0.3 is 15.6 Å². The lowest BCUT2D eigenvalue weighted by molar-refractivity contribution is 0.0917. The lowest BCUT2D eigenvalue weighted by atomic mass is 9.93. The Hall–Kier alpha value is -0.810. The van der Waals surface area contributed by atoms with Crippen molar-refractivity contribution < 1.29 is 4.79 Å². The summed E-state index contributed by atoms with van der Waals surface area (Å²) in [6.07, 6.45) is 4.14. The van der Waals surface area contributed by atoms with Gasteiger partial charge in [0.15, 0.2) is 0 Å². The predicted molar refractivity (Wildman–Crippen MR) is 71.0 cm³/mol. The zero-order chi connectivity index (χ0) is 12.3. The number of aromatic nitrogens is 1. The molecule has 2 rings (SSSR count). The maximum Gasteiger partial charge on any atom is 0.267 e. The summed E-state index contributed by atoms with van der Waals surface area (Å²) in [5.41, 5.74) is 0.604. The molecule has 3 N–H and O–H groups in total. The van der Waals surface area contributed by atoms with Crippen LogP contribution in [-0.4, -0.2) is 30.0 Å². The van der Waals surface area contributed by atoms with E-state index in [1.54, 1.807) is 12.3 Å². The minimum atomic E-state index is -0.0335. The Kier molecular flexibility index (Phi) is 4.23. The van der Waals surface area contributed by atoms with E-state index in [1.165, 1.54) is 12.8 Å². The minimum absolute atomic E-state index is 0.0335. The normalized spacial score (nSPS) is 22.1. The van der Waals surface area contributed by atoms with Crippen molar-refractivity contribution in [1.29, 1.82) is 0 Å². The molecular weight excluding hydrogens is 282 g/mol. The van der Waals surface area contributed by atoms with Crippen LogP contribution in [0.1, 0.15) is 30.3 Å². The molecule has 0 bridgehead atoms. The molecule has 1 saturated heterocycles.